The summed E-state index contributed by atoms with van der Waals surface area (Å²) >= 11 is 6.45. The first-order valence-corrected chi connectivity index (χ1v) is 4.17. The van der Waals surface area contributed by atoms with E-state index in [1.54, 1.807) is 12.1 Å². The van der Waals surface area contributed by atoms with Gasteiger partial charge in [0.05, 0.1) is 0 Å². The third kappa shape index (κ3) is 6.25. The molecule has 60 valence electrons. The standard InChI is InChI=1S/C6H4FI.CHClO/c7-5-1-3-6(8)4-2-5;2-1-3/h1-4H;1H. The summed E-state index contributed by atoms with van der Waals surface area (Å²) in [5.74, 6) is 0.0467. The molecule has 0 bridgehead atoms. The highest BCUT2D eigenvalue weighted by molar-refractivity contribution is 14.1. The van der Waals surface area contributed by atoms with E-state index in [9.17, 15) is 4.39 Å². The molecule has 1 aromatic rings. The summed E-state index contributed by atoms with van der Waals surface area (Å²) in [5.41, 5.74) is 0. The van der Waals surface area contributed by atoms with Crippen LogP contribution < -0.4 is 0 Å². The molecule has 0 radical (unpaired) electrons. The fraction of sp³-hybridized carbons (Fsp3) is 0. The number of hydrogen-bond acceptors (Lipinski definition) is 1. The van der Waals surface area contributed by atoms with E-state index in [4.69, 9.17) is 4.79 Å². The minimum Gasteiger partial charge on any atom is -0.285 e. The molecule has 0 unspecified atom stereocenters. The fourth-order valence-corrected chi connectivity index (χ4v) is 0.789. The van der Waals surface area contributed by atoms with Crippen molar-refractivity contribution in [3.63, 3.8) is 0 Å². The van der Waals surface area contributed by atoms with Crippen molar-refractivity contribution in [3.05, 3.63) is 33.7 Å². The molecule has 11 heavy (non-hydrogen) atoms. The van der Waals surface area contributed by atoms with Gasteiger partial charge in [0.2, 0.25) is 5.75 Å². The first-order valence-electron chi connectivity index (χ1n) is 2.65. The van der Waals surface area contributed by atoms with E-state index in [0.717, 1.165) is 3.57 Å². The quantitative estimate of drug-likeness (QED) is 0.407. The summed E-state index contributed by atoms with van der Waals surface area (Å²) in [6.45, 7) is 0. The van der Waals surface area contributed by atoms with Gasteiger partial charge in [-0.15, -0.1) is 0 Å². The fourth-order valence-electron chi connectivity index (χ4n) is 0.430. The van der Waals surface area contributed by atoms with E-state index < -0.39 is 0 Å². The Balaban J connectivity index is 0.000000292. The number of rotatable bonds is 0. The lowest BCUT2D eigenvalue weighted by Gasteiger charge is -1.85. The van der Waals surface area contributed by atoms with Gasteiger partial charge in [-0.2, -0.15) is 0 Å². The zero-order chi connectivity index (χ0) is 8.69. The normalized spacial score (nSPS) is 7.91. The minimum absolute atomic E-state index is 0.176. The van der Waals surface area contributed by atoms with Crippen LogP contribution in [-0.2, 0) is 4.79 Å². The van der Waals surface area contributed by atoms with Gasteiger partial charge in [-0.05, 0) is 58.5 Å². The Hall–Kier alpha value is -0.160. The van der Waals surface area contributed by atoms with Crippen LogP contribution in [0.3, 0.4) is 0 Å². The smallest absolute Gasteiger partial charge is 0.208 e. The zero-order valence-electron chi connectivity index (χ0n) is 5.43. The molecule has 1 nitrogen and oxygen atoms in total. The van der Waals surface area contributed by atoms with Gasteiger partial charge in [-0.1, -0.05) is 0 Å². The van der Waals surface area contributed by atoms with Crippen LogP contribution in [0.2, 0.25) is 0 Å². The van der Waals surface area contributed by atoms with Gasteiger partial charge in [0.25, 0.3) is 0 Å². The van der Waals surface area contributed by atoms with E-state index >= 15 is 0 Å². The molecule has 0 saturated carbocycles. The predicted molar refractivity (Wildman–Crippen MR) is 51.7 cm³/mol. The molecular formula is C7H5ClFIO. The summed E-state index contributed by atoms with van der Waals surface area (Å²) in [6.07, 6.45) is 0. The van der Waals surface area contributed by atoms with Gasteiger partial charge >= 0.3 is 0 Å². The number of benzene rings is 1. The van der Waals surface area contributed by atoms with Crippen LogP contribution in [-0.4, -0.2) is 5.75 Å². The maximum atomic E-state index is 12.1. The van der Waals surface area contributed by atoms with E-state index in [2.05, 4.69) is 34.2 Å². The highest BCUT2D eigenvalue weighted by Crippen LogP contribution is 2.04. The first kappa shape index (κ1) is 10.8. The molecule has 0 aliphatic heterocycles. The molecule has 0 fully saturated rings. The van der Waals surface area contributed by atoms with Gasteiger partial charge in [0.1, 0.15) is 5.82 Å². The Morgan fingerprint density at radius 1 is 1.36 bits per heavy atom. The first-order chi connectivity index (χ1) is 5.20. The van der Waals surface area contributed by atoms with E-state index in [1.165, 1.54) is 12.1 Å². The van der Waals surface area contributed by atoms with Crippen molar-refractivity contribution in [1.29, 1.82) is 0 Å². The summed E-state index contributed by atoms with van der Waals surface area (Å²) in [5, 5.41) is 0. The molecule has 0 aliphatic rings. The molecule has 1 rings (SSSR count). The van der Waals surface area contributed by atoms with Crippen LogP contribution in [0.5, 0.6) is 0 Å². The molecule has 0 amide bonds. The average Bonchev–Trinajstić information content (AvgIpc) is 1.97. The van der Waals surface area contributed by atoms with Crippen LogP contribution in [0.15, 0.2) is 24.3 Å². The Morgan fingerprint density at radius 2 is 1.73 bits per heavy atom. The zero-order valence-corrected chi connectivity index (χ0v) is 8.34. The third-order valence-electron chi connectivity index (χ3n) is 0.804. The lowest BCUT2D eigenvalue weighted by molar-refractivity contribution is 0.569. The van der Waals surface area contributed by atoms with Crippen molar-refractivity contribution >= 4 is 39.9 Å². The van der Waals surface area contributed by atoms with E-state index in [1.807, 2.05) is 0 Å². The van der Waals surface area contributed by atoms with Crippen molar-refractivity contribution in [2.75, 3.05) is 0 Å². The van der Waals surface area contributed by atoms with Crippen molar-refractivity contribution in [3.8, 4) is 0 Å². The van der Waals surface area contributed by atoms with Crippen LogP contribution in [0, 0.1) is 9.39 Å². The van der Waals surface area contributed by atoms with Crippen LogP contribution >= 0.6 is 34.2 Å². The predicted octanol–water partition coefficient (Wildman–Crippen LogP) is 2.85. The molecule has 0 aliphatic carbocycles. The second-order valence-electron chi connectivity index (χ2n) is 1.53. The molecular weight excluding hydrogens is 281 g/mol. The third-order valence-corrected chi connectivity index (χ3v) is 1.52. The van der Waals surface area contributed by atoms with Crippen molar-refractivity contribution in [1.82, 2.24) is 0 Å². The average molecular weight is 286 g/mol. The maximum Gasteiger partial charge on any atom is 0.208 e. The van der Waals surface area contributed by atoms with Crippen LogP contribution in [0.25, 0.3) is 0 Å². The van der Waals surface area contributed by atoms with Gasteiger partial charge < -0.3 is 0 Å². The monoisotopic (exact) mass is 286 g/mol. The Bertz CT molecular complexity index is 191. The molecule has 0 spiro atoms. The Labute approximate surface area is 82.7 Å². The lowest BCUT2D eigenvalue weighted by Crippen LogP contribution is -1.70. The van der Waals surface area contributed by atoms with Gasteiger partial charge in [0, 0.05) is 3.57 Å². The second kappa shape index (κ2) is 6.54. The molecule has 1 aromatic carbocycles. The number of hydrogen-bond donors (Lipinski definition) is 0. The van der Waals surface area contributed by atoms with E-state index in [0.29, 0.717) is 0 Å². The van der Waals surface area contributed by atoms with Crippen LogP contribution in [0.1, 0.15) is 0 Å². The molecule has 0 atom stereocenters. The van der Waals surface area contributed by atoms with Crippen molar-refractivity contribution < 1.29 is 9.18 Å². The summed E-state index contributed by atoms with van der Waals surface area (Å²) in [4.78, 5) is 8.57. The Morgan fingerprint density at radius 3 is 2.00 bits per heavy atom. The van der Waals surface area contributed by atoms with Crippen molar-refractivity contribution in [2.24, 2.45) is 0 Å². The van der Waals surface area contributed by atoms with Crippen molar-refractivity contribution in [2.45, 2.75) is 0 Å². The van der Waals surface area contributed by atoms with E-state index in [-0.39, 0.29) is 11.6 Å². The minimum atomic E-state index is -0.176. The largest absolute Gasteiger partial charge is 0.285 e. The Kier molecular flexibility index (Phi) is 6.45. The SMILES string of the molecule is Fc1ccc(I)cc1.O=CCl. The number of carbonyl (C=O) groups is 1. The van der Waals surface area contributed by atoms with Crippen LogP contribution in [0.4, 0.5) is 4.39 Å². The number of halogens is 3. The maximum absolute atomic E-state index is 12.1. The topological polar surface area (TPSA) is 17.1 Å². The summed E-state index contributed by atoms with van der Waals surface area (Å²) < 4.78 is 13.1. The number of carbonyl (C=O) groups excluding carboxylic acids is 1. The van der Waals surface area contributed by atoms with Gasteiger partial charge in [-0.25, -0.2) is 4.39 Å². The van der Waals surface area contributed by atoms with Gasteiger partial charge in [-0.3, -0.25) is 4.79 Å². The molecule has 0 aromatic heterocycles. The highest BCUT2D eigenvalue weighted by atomic mass is 127. The highest BCUT2D eigenvalue weighted by Gasteiger charge is 1.84. The summed E-state index contributed by atoms with van der Waals surface area (Å²) in [7, 11) is 0. The molecule has 0 saturated heterocycles. The molecule has 0 heterocycles. The second-order valence-corrected chi connectivity index (χ2v) is 2.95. The van der Waals surface area contributed by atoms with Gasteiger partial charge in [0.15, 0.2) is 0 Å². The lowest BCUT2D eigenvalue weighted by atomic mass is 10.4. The molecule has 4 heteroatoms. The molecule has 0 N–H and O–H groups in total. The summed E-state index contributed by atoms with van der Waals surface area (Å²) in [6, 6.07) is 6.36.